The lowest BCUT2D eigenvalue weighted by Gasteiger charge is -2.03. The third-order valence-electron chi connectivity index (χ3n) is 4.01. The van der Waals surface area contributed by atoms with E-state index in [0.29, 0.717) is 0 Å². The fourth-order valence-electron chi connectivity index (χ4n) is 2.63. The Labute approximate surface area is 137 Å². The maximum atomic E-state index is 5.31. The molecule has 0 aromatic heterocycles. The molecule has 0 spiro atoms. The van der Waals surface area contributed by atoms with Crippen LogP contribution in [0.2, 0.25) is 0 Å². The number of ether oxygens (including phenoxy) is 1. The molecule has 1 aromatic rings. The van der Waals surface area contributed by atoms with Gasteiger partial charge in [0.2, 0.25) is 0 Å². The number of rotatable bonds is 13. The summed E-state index contributed by atoms with van der Waals surface area (Å²) in [4.78, 5) is 4.51. The molecule has 1 aromatic carbocycles. The molecule has 0 heterocycles. The number of hydrogen-bond acceptors (Lipinski definition) is 2. The molecule has 0 bridgehead atoms. The minimum absolute atomic E-state index is 0.898. The van der Waals surface area contributed by atoms with Gasteiger partial charge in [-0.05, 0) is 18.6 Å². The average molecular weight is 303 g/mol. The topological polar surface area (TPSA) is 21.6 Å². The van der Waals surface area contributed by atoms with Crippen LogP contribution in [0.15, 0.2) is 29.3 Å². The SMILES string of the molecule is CCCCCCCCCCCCN=Cc1ccccc1OC. The van der Waals surface area contributed by atoms with Gasteiger partial charge in [-0.3, -0.25) is 4.99 Å². The minimum atomic E-state index is 0.898. The fourth-order valence-corrected chi connectivity index (χ4v) is 2.63. The van der Waals surface area contributed by atoms with Crippen LogP contribution in [-0.4, -0.2) is 19.9 Å². The van der Waals surface area contributed by atoms with E-state index >= 15 is 0 Å². The summed E-state index contributed by atoms with van der Waals surface area (Å²) in [5, 5.41) is 0. The van der Waals surface area contributed by atoms with E-state index in [4.69, 9.17) is 4.74 Å². The Morgan fingerprint density at radius 2 is 1.45 bits per heavy atom. The van der Waals surface area contributed by atoms with Crippen molar-refractivity contribution in [1.29, 1.82) is 0 Å². The number of unbranched alkanes of at least 4 members (excludes halogenated alkanes) is 9. The summed E-state index contributed by atoms with van der Waals surface area (Å²) in [6.45, 7) is 3.20. The van der Waals surface area contributed by atoms with Crippen LogP contribution in [0.4, 0.5) is 0 Å². The maximum absolute atomic E-state index is 5.31. The van der Waals surface area contributed by atoms with Crippen LogP contribution >= 0.6 is 0 Å². The Balaban J connectivity index is 1.98. The zero-order valence-corrected chi connectivity index (χ0v) is 14.5. The van der Waals surface area contributed by atoms with Crippen molar-refractivity contribution in [1.82, 2.24) is 0 Å². The van der Waals surface area contributed by atoms with Crippen LogP contribution in [0, 0.1) is 0 Å². The Morgan fingerprint density at radius 1 is 0.864 bits per heavy atom. The maximum Gasteiger partial charge on any atom is 0.127 e. The summed E-state index contributed by atoms with van der Waals surface area (Å²) < 4.78 is 5.31. The zero-order chi connectivity index (χ0) is 15.9. The normalized spacial score (nSPS) is 11.2. The van der Waals surface area contributed by atoms with Gasteiger partial charge in [0.25, 0.3) is 0 Å². The lowest BCUT2D eigenvalue weighted by Crippen LogP contribution is -1.91. The molecule has 2 nitrogen and oxygen atoms in total. The summed E-state index contributed by atoms with van der Waals surface area (Å²) in [6, 6.07) is 8.02. The van der Waals surface area contributed by atoms with Gasteiger partial charge >= 0.3 is 0 Å². The first kappa shape index (κ1) is 18.7. The van der Waals surface area contributed by atoms with Crippen LogP contribution in [0.3, 0.4) is 0 Å². The molecule has 2 heteroatoms. The number of aliphatic imine (C=N–C) groups is 1. The molecule has 0 N–H and O–H groups in total. The lowest BCUT2D eigenvalue weighted by molar-refractivity contribution is 0.414. The van der Waals surface area contributed by atoms with E-state index in [0.717, 1.165) is 17.9 Å². The number of benzene rings is 1. The standard InChI is InChI=1S/C20H33NO/c1-3-4-5-6-7-8-9-10-11-14-17-21-18-19-15-12-13-16-20(19)22-2/h12-13,15-16,18H,3-11,14,17H2,1-2H3. The third-order valence-corrected chi connectivity index (χ3v) is 4.01. The first-order valence-electron chi connectivity index (χ1n) is 9.01. The molecule has 0 aliphatic rings. The van der Waals surface area contributed by atoms with Crippen LogP contribution < -0.4 is 4.74 Å². The van der Waals surface area contributed by atoms with Gasteiger partial charge in [0.15, 0.2) is 0 Å². The van der Waals surface area contributed by atoms with Crippen LogP contribution in [-0.2, 0) is 0 Å². The predicted octanol–water partition coefficient (Wildman–Crippen LogP) is 6.04. The van der Waals surface area contributed by atoms with E-state index in [9.17, 15) is 0 Å². The van der Waals surface area contributed by atoms with E-state index in [2.05, 4.69) is 11.9 Å². The molecule has 124 valence electrons. The van der Waals surface area contributed by atoms with Gasteiger partial charge in [-0.2, -0.15) is 0 Å². The molecule has 22 heavy (non-hydrogen) atoms. The van der Waals surface area contributed by atoms with Gasteiger partial charge in [0, 0.05) is 18.3 Å². The first-order valence-corrected chi connectivity index (χ1v) is 9.01. The Hall–Kier alpha value is -1.31. The van der Waals surface area contributed by atoms with Crippen LogP contribution in [0.25, 0.3) is 0 Å². The second kappa shape index (κ2) is 13.4. The van der Waals surface area contributed by atoms with E-state index in [1.807, 2.05) is 30.5 Å². The van der Waals surface area contributed by atoms with Gasteiger partial charge in [-0.1, -0.05) is 76.8 Å². The van der Waals surface area contributed by atoms with Crippen molar-refractivity contribution >= 4 is 6.21 Å². The molecule has 0 fully saturated rings. The predicted molar refractivity (Wildman–Crippen MR) is 97.3 cm³/mol. The number of methoxy groups -OCH3 is 1. The molecule has 1 rings (SSSR count). The largest absolute Gasteiger partial charge is 0.496 e. The minimum Gasteiger partial charge on any atom is -0.496 e. The zero-order valence-electron chi connectivity index (χ0n) is 14.5. The third kappa shape index (κ3) is 8.86. The fraction of sp³-hybridized carbons (Fsp3) is 0.650. The van der Waals surface area contributed by atoms with Crippen molar-refractivity contribution in [3.63, 3.8) is 0 Å². The highest BCUT2D eigenvalue weighted by Gasteiger charge is 1.97. The van der Waals surface area contributed by atoms with E-state index in [-0.39, 0.29) is 0 Å². The second-order valence-electron chi connectivity index (χ2n) is 5.96. The van der Waals surface area contributed by atoms with E-state index in [1.165, 1.54) is 64.2 Å². The molecular formula is C20H33NO. The number of para-hydroxylation sites is 1. The van der Waals surface area contributed by atoms with E-state index < -0.39 is 0 Å². The average Bonchev–Trinajstić information content (AvgIpc) is 2.56. The van der Waals surface area contributed by atoms with Crippen molar-refractivity contribution in [3.05, 3.63) is 29.8 Å². The highest BCUT2D eigenvalue weighted by molar-refractivity contribution is 5.83. The highest BCUT2D eigenvalue weighted by atomic mass is 16.5. The quantitative estimate of drug-likeness (QED) is 0.322. The van der Waals surface area contributed by atoms with Crippen LogP contribution in [0.1, 0.15) is 76.7 Å². The molecule has 0 saturated carbocycles. The lowest BCUT2D eigenvalue weighted by atomic mass is 10.1. The first-order chi connectivity index (χ1) is 10.9. The van der Waals surface area contributed by atoms with Crippen molar-refractivity contribution in [2.75, 3.05) is 13.7 Å². The number of hydrogen-bond donors (Lipinski definition) is 0. The monoisotopic (exact) mass is 303 g/mol. The number of nitrogens with zero attached hydrogens (tertiary/aromatic N) is 1. The van der Waals surface area contributed by atoms with Crippen molar-refractivity contribution in [2.24, 2.45) is 4.99 Å². The Bertz CT molecular complexity index is 400. The van der Waals surface area contributed by atoms with Gasteiger partial charge in [0.05, 0.1) is 7.11 Å². The molecule has 0 radical (unpaired) electrons. The van der Waals surface area contributed by atoms with Crippen molar-refractivity contribution < 1.29 is 4.74 Å². The second-order valence-corrected chi connectivity index (χ2v) is 5.96. The summed E-state index contributed by atoms with van der Waals surface area (Å²) in [7, 11) is 1.70. The van der Waals surface area contributed by atoms with Gasteiger partial charge < -0.3 is 4.74 Å². The van der Waals surface area contributed by atoms with Gasteiger partial charge in [-0.25, -0.2) is 0 Å². The summed E-state index contributed by atoms with van der Waals surface area (Å²) in [5.74, 6) is 0.898. The molecule has 0 aliphatic carbocycles. The van der Waals surface area contributed by atoms with Crippen LogP contribution in [0.5, 0.6) is 5.75 Å². The molecule has 0 unspecified atom stereocenters. The van der Waals surface area contributed by atoms with E-state index in [1.54, 1.807) is 7.11 Å². The van der Waals surface area contributed by atoms with Crippen molar-refractivity contribution in [2.45, 2.75) is 71.1 Å². The van der Waals surface area contributed by atoms with Crippen molar-refractivity contribution in [3.8, 4) is 5.75 Å². The molecule has 0 atom stereocenters. The highest BCUT2D eigenvalue weighted by Crippen LogP contribution is 2.15. The molecule has 0 amide bonds. The Kier molecular flexibility index (Phi) is 11.4. The summed E-state index contributed by atoms with van der Waals surface area (Å²) in [6.07, 6.45) is 15.6. The Morgan fingerprint density at radius 3 is 2.09 bits per heavy atom. The smallest absolute Gasteiger partial charge is 0.127 e. The summed E-state index contributed by atoms with van der Waals surface area (Å²) in [5.41, 5.74) is 1.07. The molecule has 0 aliphatic heterocycles. The molecule has 0 saturated heterocycles. The van der Waals surface area contributed by atoms with Gasteiger partial charge in [-0.15, -0.1) is 0 Å². The summed E-state index contributed by atoms with van der Waals surface area (Å²) >= 11 is 0. The molecular weight excluding hydrogens is 270 g/mol. The van der Waals surface area contributed by atoms with Gasteiger partial charge in [0.1, 0.15) is 5.75 Å².